The zero-order valence-electron chi connectivity index (χ0n) is 20.1. The predicted molar refractivity (Wildman–Crippen MR) is 123 cm³/mol. The third-order valence-electron chi connectivity index (χ3n) is 6.90. The van der Waals surface area contributed by atoms with Crippen molar-refractivity contribution in [2.24, 2.45) is 5.92 Å². The van der Waals surface area contributed by atoms with Gasteiger partial charge in [-0.2, -0.15) is 5.10 Å². The number of hydrogen-bond donors (Lipinski definition) is 2. The molecule has 0 spiro atoms. The van der Waals surface area contributed by atoms with E-state index in [1.165, 1.54) is 23.1 Å². The molecule has 180 valence electrons. The summed E-state index contributed by atoms with van der Waals surface area (Å²) in [5.41, 5.74) is 2.19. The normalized spacial score (nSPS) is 19.0. The zero-order valence-corrected chi connectivity index (χ0v) is 20.1. The van der Waals surface area contributed by atoms with E-state index >= 15 is 0 Å². The van der Waals surface area contributed by atoms with Crippen molar-refractivity contribution in [3.8, 4) is 11.5 Å². The number of aromatic hydroxyl groups is 2. The van der Waals surface area contributed by atoms with Gasteiger partial charge in [-0.3, -0.25) is 14.3 Å². The summed E-state index contributed by atoms with van der Waals surface area (Å²) in [5, 5.41) is 28.0. The molecular weight excluding hydrogens is 436 g/mol. The van der Waals surface area contributed by atoms with E-state index in [-0.39, 0.29) is 42.1 Å². The van der Waals surface area contributed by atoms with Gasteiger partial charge in [-0.15, -0.1) is 0 Å². The summed E-state index contributed by atoms with van der Waals surface area (Å²) in [7, 11) is 0. The Kier molecular flexibility index (Phi) is 5.97. The van der Waals surface area contributed by atoms with Crippen LogP contribution in [-0.4, -0.2) is 47.3 Å². The average molecular weight is 467 g/mol. The maximum atomic E-state index is 13.6. The summed E-state index contributed by atoms with van der Waals surface area (Å²) in [6, 6.07) is 4.19. The summed E-state index contributed by atoms with van der Waals surface area (Å²) in [5.74, 6) is -0.283. The quantitative estimate of drug-likeness (QED) is 0.571. The van der Waals surface area contributed by atoms with E-state index in [1.54, 1.807) is 24.7 Å². The second-order valence-electron chi connectivity index (χ2n) is 9.63. The minimum absolute atomic E-state index is 0.0255. The molecule has 2 atom stereocenters. The van der Waals surface area contributed by atoms with Crippen molar-refractivity contribution in [3.63, 3.8) is 0 Å². The van der Waals surface area contributed by atoms with Crippen LogP contribution in [0.15, 0.2) is 35.1 Å². The van der Waals surface area contributed by atoms with Crippen LogP contribution in [0.5, 0.6) is 11.5 Å². The topological polar surface area (TPSA) is 122 Å². The molecule has 1 aromatic carbocycles. The Morgan fingerprint density at radius 3 is 2.44 bits per heavy atom. The molecule has 1 aliphatic heterocycles. The van der Waals surface area contributed by atoms with Crippen LogP contribution in [0.25, 0.3) is 0 Å². The summed E-state index contributed by atoms with van der Waals surface area (Å²) in [6.45, 7) is 9.83. The Morgan fingerprint density at radius 2 is 1.82 bits per heavy atom. The van der Waals surface area contributed by atoms with Gasteiger partial charge < -0.3 is 19.6 Å². The van der Waals surface area contributed by atoms with Gasteiger partial charge in [0.1, 0.15) is 17.3 Å². The maximum Gasteiger partial charge on any atom is 0.224 e. The zero-order chi connectivity index (χ0) is 24.8. The van der Waals surface area contributed by atoms with E-state index in [0.29, 0.717) is 12.1 Å². The Morgan fingerprint density at radius 1 is 1.15 bits per heavy atom. The van der Waals surface area contributed by atoms with Crippen LogP contribution in [0.1, 0.15) is 61.3 Å². The first kappa shape index (κ1) is 23.5. The lowest BCUT2D eigenvalue weighted by Gasteiger charge is -2.45. The molecule has 2 unspecified atom stereocenters. The van der Waals surface area contributed by atoms with Gasteiger partial charge >= 0.3 is 0 Å². The van der Waals surface area contributed by atoms with Crippen molar-refractivity contribution >= 4 is 11.7 Å². The average Bonchev–Trinajstić information content (AvgIpc) is 3.35. The number of nitrogens with zero attached hydrogens (tertiary/aromatic N) is 4. The van der Waals surface area contributed by atoms with Gasteiger partial charge in [-0.05, 0) is 56.9 Å². The highest BCUT2D eigenvalue weighted by atomic mass is 16.5. The number of hydrogen-bond acceptors (Lipinski definition) is 7. The van der Waals surface area contributed by atoms with Gasteiger partial charge in [0, 0.05) is 36.7 Å². The Hall–Kier alpha value is -3.62. The number of Topliss-reactive ketones (excluding diaryl/α,β-unsaturated/α-hetero) is 1. The number of ketones is 1. The molecule has 2 N–H and O–H groups in total. The highest BCUT2D eigenvalue weighted by Crippen LogP contribution is 2.38. The molecule has 2 aromatic heterocycles. The van der Waals surface area contributed by atoms with Crippen LogP contribution in [0.2, 0.25) is 0 Å². The molecule has 34 heavy (non-hydrogen) atoms. The van der Waals surface area contributed by atoms with E-state index in [1.807, 2.05) is 27.0 Å². The molecule has 1 saturated heterocycles. The van der Waals surface area contributed by atoms with Crippen molar-refractivity contribution in [3.05, 3.63) is 58.7 Å². The summed E-state index contributed by atoms with van der Waals surface area (Å²) in [4.78, 5) is 28.3. The number of aromatic nitrogens is 3. The first-order valence-corrected chi connectivity index (χ1v) is 11.3. The molecule has 1 aliphatic rings. The molecule has 4 rings (SSSR count). The van der Waals surface area contributed by atoms with E-state index in [2.05, 4.69) is 10.3 Å². The van der Waals surface area contributed by atoms with Gasteiger partial charge in [-0.25, -0.2) is 0 Å². The number of phenols is 2. The van der Waals surface area contributed by atoms with Gasteiger partial charge in [0.05, 0.1) is 24.0 Å². The molecule has 1 amide bonds. The van der Waals surface area contributed by atoms with Crippen molar-refractivity contribution in [1.82, 2.24) is 19.8 Å². The molecule has 0 radical (unpaired) electrons. The Labute approximate surface area is 198 Å². The van der Waals surface area contributed by atoms with Gasteiger partial charge in [0.25, 0.3) is 0 Å². The second kappa shape index (κ2) is 8.62. The van der Waals surface area contributed by atoms with Crippen molar-refractivity contribution in [2.45, 2.75) is 65.6 Å². The van der Waals surface area contributed by atoms with Gasteiger partial charge in [0.2, 0.25) is 5.91 Å². The van der Waals surface area contributed by atoms with Crippen LogP contribution in [-0.2, 0) is 22.7 Å². The molecule has 3 heterocycles. The lowest BCUT2D eigenvalue weighted by atomic mass is 9.73. The fraction of sp³-hybridized carbons (Fsp3) is 0.440. The van der Waals surface area contributed by atoms with E-state index in [9.17, 15) is 19.8 Å². The smallest absolute Gasteiger partial charge is 0.224 e. The molecule has 9 nitrogen and oxygen atoms in total. The number of rotatable bonds is 6. The van der Waals surface area contributed by atoms with E-state index in [0.717, 1.165) is 22.6 Å². The summed E-state index contributed by atoms with van der Waals surface area (Å²) >= 11 is 0. The molecule has 0 aliphatic carbocycles. The molecule has 0 saturated carbocycles. The van der Waals surface area contributed by atoms with Crippen LogP contribution >= 0.6 is 0 Å². The van der Waals surface area contributed by atoms with Crippen molar-refractivity contribution in [1.29, 1.82) is 0 Å². The molecule has 1 fully saturated rings. The maximum absolute atomic E-state index is 13.6. The number of aryl methyl sites for hydroxylation is 2. The number of likely N-dealkylation sites (tertiary alicyclic amines) is 1. The largest absolute Gasteiger partial charge is 0.508 e. The predicted octanol–water partition coefficient (Wildman–Crippen LogP) is 3.45. The number of benzene rings is 1. The van der Waals surface area contributed by atoms with Gasteiger partial charge in [-0.1, -0.05) is 12.1 Å². The number of phenolic OH excluding ortho intramolecular Hbond substituents is 2. The summed E-state index contributed by atoms with van der Waals surface area (Å²) < 4.78 is 7.02. The van der Waals surface area contributed by atoms with Gasteiger partial charge in [0.15, 0.2) is 5.78 Å². The number of piperidine rings is 1. The number of carbonyl (C=O) groups excluding carboxylic acids is 2. The minimum atomic E-state index is -1.04. The summed E-state index contributed by atoms with van der Waals surface area (Å²) in [6.07, 6.45) is 3.74. The SMILES string of the molecule is Cc1noc(C)c1Cn1cc(C(C)C2CC(=O)N(Cc3cc(O)cc(O)c3)C(C)(C)C2=O)cn1. The number of carbonyl (C=O) groups is 2. The Balaban J connectivity index is 1.52. The monoisotopic (exact) mass is 466 g/mol. The third-order valence-corrected chi connectivity index (χ3v) is 6.90. The lowest BCUT2D eigenvalue weighted by molar-refractivity contribution is -0.156. The molecular formula is C25H30N4O5. The second-order valence-corrected chi connectivity index (χ2v) is 9.63. The van der Waals surface area contributed by atoms with Crippen LogP contribution < -0.4 is 0 Å². The first-order valence-electron chi connectivity index (χ1n) is 11.3. The highest BCUT2D eigenvalue weighted by molar-refractivity contribution is 6.00. The highest BCUT2D eigenvalue weighted by Gasteiger charge is 2.48. The lowest BCUT2D eigenvalue weighted by Crippen LogP contribution is -2.59. The van der Waals surface area contributed by atoms with Crippen LogP contribution in [0.3, 0.4) is 0 Å². The third kappa shape index (κ3) is 4.30. The molecule has 0 bridgehead atoms. The molecule has 3 aromatic rings. The fourth-order valence-electron chi connectivity index (χ4n) is 4.73. The first-order chi connectivity index (χ1) is 16.0. The van der Waals surface area contributed by atoms with Crippen LogP contribution in [0.4, 0.5) is 0 Å². The van der Waals surface area contributed by atoms with Crippen molar-refractivity contribution in [2.75, 3.05) is 0 Å². The minimum Gasteiger partial charge on any atom is -0.508 e. The fourth-order valence-corrected chi connectivity index (χ4v) is 4.73. The van der Waals surface area contributed by atoms with Crippen LogP contribution in [0, 0.1) is 19.8 Å². The van der Waals surface area contributed by atoms with Crippen molar-refractivity contribution < 1.29 is 24.3 Å². The Bertz CT molecular complexity index is 1200. The number of amides is 1. The van der Waals surface area contributed by atoms with E-state index in [4.69, 9.17) is 4.52 Å². The molecule has 9 heteroatoms. The van der Waals surface area contributed by atoms with E-state index < -0.39 is 11.5 Å². The standard InChI is InChI=1S/C25H30N4O5/c1-14(18-10-26-28(12-18)13-22-15(2)27-34-16(22)3)21-9-23(32)29(25(4,5)24(21)33)11-17-6-19(30)8-20(31)7-17/h6-8,10,12,14,21,30-31H,9,11,13H2,1-5H3.